The minimum atomic E-state index is -1.42. The highest BCUT2D eigenvalue weighted by atomic mass is 16.5. The van der Waals surface area contributed by atoms with Crippen molar-refractivity contribution in [2.24, 2.45) is 0 Å². The molecule has 0 spiro atoms. The summed E-state index contributed by atoms with van der Waals surface area (Å²) in [5.41, 5.74) is -1.19. The Bertz CT molecular complexity index is 624. The van der Waals surface area contributed by atoms with Gasteiger partial charge in [-0.25, -0.2) is 0 Å². The predicted octanol–water partition coefficient (Wildman–Crippen LogP) is -1.46. The van der Waals surface area contributed by atoms with Gasteiger partial charge in [0.15, 0.2) is 0 Å². The van der Waals surface area contributed by atoms with Crippen LogP contribution in [0, 0.1) is 0 Å². The van der Waals surface area contributed by atoms with Crippen LogP contribution in [-0.2, 0) is 14.3 Å². The molecule has 136 valence electrons. The lowest BCUT2D eigenvalue weighted by Gasteiger charge is -2.31. The zero-order chi connectivity index (χ0) is 18.3. The Labute approximate surface area is 145 Å². The lowest BCUT2D eigenvalue weighted by Crippen LogP contribution is -2.54. The minimum absolute atomic E-state index is 0.00604. The molecule has 1 saturated heterocycles. The van der Waals surface area contributed by atoms with Crippen LogP contribution in [0.5, 0.6) is 0 Å². The highest BCUT2D eigenvalue weighted by Crippen LogP contribution is 2.12. The van der Waals surface area contributed by atoms with E-state index in [1.54, 1.807) is 18.2 Å². The Balaban J connectivity index is 1.94. The summed E-state index contributed by atoms with van der Waals surface area (Å²) in [6.45, 7) is 1.63. The molecule has 2 heterocycles. The van der Waals surface area contributed by atoms with Crippen molar-refractivity contribution in [3.05, 3.63) is 30.1 Å². The maximum atomic E-state index is 12.1. The van der Waals surface area contributed by atoms with E-state index in [0.29, 0.717) is 6.54 Å². The number of β-amino-alcohol motifs (C(OH)–C–C–N with tert-alkyl or cyclic N) is 1. The van der Waals surface area contributed by atoms with E-state index in [4.69, 9.17) is 4.74 Å². The number of hydrogen-bond donors (Lipinski definition) is 3. The average Bonchev–Trinajstić information content (AvgIpc) is 2.80. The summed E-state index contributed by atoms with van der Waals surface area (Å²) in [5.74, 6) is -1.05. The van der Waals surface area contributed by atoms with E-state index >= 15 is 0 Å². The third-order valence-corrected chi connectivity index (χ3v) is 3.68. The summed E-state index contributed by atoms with van der Waals surface area (Å²) < 4.78 is 5.36. The van der Waals surface area contributed by atoms with E-state index in [0.717, 1.165) is 0 Å². The second-order valence-corrected chi connectivity index (χ2v) is 5.90. The number of carbonyl (C=O) groups excluding carboxylic acids is 3. The van der Waals surface area contributed by atoms with Crippen LogP contribution >= 0.6 is 0 Å². The van der Waals surface area contributed by atoms with Crippen molar-refractivity contribution in [1.82, 2.24) is 20.5 Å². The largest absolute Gasteiger partial charge is 0.384 e. The number of aromatic nitrogens is 1. The topological polar surface area (TPSA) is 121 Å². The van der Waals surface area contributed by atoms with Crippen LogP contribution in [0.4, 0.5) is 0 Å². The van der Waals surface area contributed by atoms with Gasteiger partial charge in [-0.2, -0.15) is 0 Å². The van der Waals surface area contributed by atoms with Gasteiger partial charge in [-0.3, -0.25) is 19.4 Å². The lowest BCUT2D eigenvalue weighted by molar-refractivity contribution is -0.134. The maximum Gasteiger partial charge on any atom is 0.269 e. The minimum Gasteiger partial charge on any atom is -0.384 e. The van der Waals surface area contributed by atoms with Gasteiger partial charge in [0.1, 0.15) is 11.3 Å². The second kappa shape index (κ2) is 8.54. The Morgan fingerprint density at radius 2 is 2.16 bits per heavy atom. The SMILES string of the molecule is CC(=O)NCC(=O)N1CCOC[C@@](O)(CNC(=O)c2ccccn2)C1. The molecular weight excluding hydrogens is 328 g/mol. The van der Waals surface area contributed by atoms with Gasteiger partial charge < -0.3 is 25.4 Å². The third kappa shape index (κ3) is 5.80. The van der Waals surface area contributed by atoms with Crippen LogP contribution in [0.25, 0.3) is 0 Å². The first-order chi connectivity index (χ1) is 11.9. The molecule has 1 atom stereocenters. The molecule has 0 saturated carbocycles. The Kier molecular flexibility index (Phi) is 6.43. The molecule has 1 aliphatic rings. The number of hydrogen-bond acceptors (Lipinski definition) is 6. The van der Waals surface area contributed by atoms with E-state index in [1.165, 1.54) is 18.0 Å². The molecule has 0 aromatic carbocycles. The van der Waals surface area contributed by atoms with Gasteiger partial charge in [0.25, 0.3) is 5.91 Å². The zero-order valence-electron chi connectivity index (χ0n) is 14.0. The first kappa shape index (κ1) is 18.8. The van der Waals surface area contributed by atoms with Crippen molar-refractivity contribution < 1.29 is 24.2 Å². The van der Waals surface area contributed by atoms with Crippen molar-refractivity contribution in [1.29, 1.82) is 0 Å². The summed E-state index contributed by atoms with van der Waals surface area (Å²) in [6, 6.07) is 4.95. The molecule has 9 heteroatoms. The fourth-order valence-electron chi connectivity index (χ4n) is 2.38. The number of amides is 3. The average molecular weight is 350 g/mol. The first-order valence-electron chi connectivity index (χ1n) is 7.91. The van der Waals surface area contributed by atoms with Gasteiger partial charge in [0, 0.05) is 19.7 Å². The summed E-state index contributed by atoms with van der Waals surface area (Å²) in [7, 11) is 0. The fraction of sp³-hybridized carbons (Fsp3) is 0.500. The molecule has 1 aliphatic heterocycles. The van der Waals surface area contributed by atoms with Crippen molar-refractivity contribution in [2.45, 2.75) is 12.5 Å². The van der Waals surface area contributed by atoms with Gasteiger partial charge in [0.2, 0.25) is 11.8 Å². The quantitative estimate of drug-likeness (QED) is 0.597. The van der Waals surface area contributed by atoms with Gasteiger partial charge in [-0.05, 0) is 12.1 Å². The van der Waals surface area contributed by atoms with Gasteiger partial charge >= 0.3 is 0 Å². The number of pyridine rings is 1. The van der Waals surface area contributed by atoms with Crippen LogP contribution < -0.4 is 10.6 Å². The van der Waals surface area contributed by atoms with Crippen molar-refractivity contribution >= 4 is 17.7 Å². The van der Waals surface area contributed by atoms with Crippen LogP contribution in [-0.4, -0.2) is 77.7 Å². The van der Waals surface area contributed by atoms with Gasteiger partial charge in [0.05, 0.1) is 32.8 Å². The molecule has 1 aromatic heterocycles. The van der Waals surface area contributed by atoms with E-state index in [-0.39, 0.29) is 50.4 Å². The third-order valence-electron chi connectivity index (χ3n) is 3.68. The smallest absolute Gasteiger partial charge is 0.269 e. The Hall–Kier alpha value is -2.52. The van der Waals surface area contributed by atoms with Crippen LogP contribution in [0.3, 0.4) is 0 Å². The van der Waals surface area contributed by atoms with E-state index in [1.807, 2.05) is 0 Å². The molecule has 9 nitrogen and oxygen atoms in total. The Morgan fingerprint density at radius 1 is 1.36 bits per heavy atom. The number of ether oxygens (including phenoxy) is 1. The fourth-order valence-corrected chi connectivity index (χ4v) is 2.38. The van der Waals surface area contributed by atoms with Crippen molar-refractivity contribution in [3.8, 4) is 0 Å². The number of carbonyl (C=O) groups is 3. The van der Waals surface area contributed by atoms with E-state index in [2.05, 4.69) is 15.6 Å². The summed E-state index contributed by atoms with van der Waals surface area (Å²) in [6.07, 6.45) is 1.50. The van der Waals surface area contributed by atoms with Gasteiger partial charge in [-0.1, -0.05) is 6.07 Å². The summed E-state index contributed by atoms with van der Waals surface area (Å²) in [4.78, 5) is 40.5. The number of nitrogens with zero attached hydrogens (tertiary/aromatic N) is 2. The maximum absolute atomic E-state index is 12.1. The second-order valence-electron chi connectivity index (χ2n) is 5.90. The molecule has 0 unspecified atom stereocenters. The van der Waals surface area contributed by atoms with Crippen LogP contribution in [0.1, 0.15) is 17.4 Å². The monoisotopic (exact) mass is 350 g/mol. The van der Waals surface area contributed by atoms with E-state index in [9.17, 15) is 19.5 Å². The normalized spacial score (nSPS) is 20.5. The first-order valence-corrected chi connectivity index (χ1v) is 7.91. The molecule has 0 bridgehead atoms. The molecule has 3 amide bonds. The predicted molar refractivity (Wildman–Crippen MR) is 87.6 cm³/mol. The number of nitrogens with one attached hydrogen (secondary N) is 2. The van der Waals surface area contributed by atoms with Crippen LogP contribution in [0.15, 0.2) is 24.4 Å². The molecule has 0 aliphatic carbocycles. The lowest BCUT2D eigenvalue weighted by atomic mass is 10.0. The highest BCUT2D eigenvalue weighted by molar-refractivity contribution is 5.92. The summed E-state index contributed by atoms with van der Waals surface area (Å²) in [5, 5.41) is 15.7. The number of aliphatic hydroxyl groups is 1. The van der Waals surface area contributed by atoms with Crippen molar-refractivity contribution in [3.63, 3.8) is 0 Å². The molecule has 3 N–H and O–H groups in total. The molecular formula is C16H22N4O5. The highest BCUT2D eigenvalue weighted by Gasteiger charge is 2.34. The standard InChI is InChI=1S/C16H22N4O5/c1-12(21)18-8-14(22)20-6-7-25-11-16(24,10-20)9-19-15(23)13-4-2-3-5-17-13/h2-5,24H,6-11H2,1H3,(H,18,21)(H,19,23)/t16-/m1/s1. The van der Waals surface area contributed by atoms with E-state index < -0.39 is 11.5 Å². The number of rotatable bonds is 5. The summed E-state index contributed by atoms with van der Waals surface area (Å²) >= 11 is 0. The molecule has 2 rings (SSSR count). The molecule has 1 fully saturated rings. The Morgan fingerprint density at radius 3 is 2.84 bits per heavy atom. The van der Waals surface area contributed by atoms with Gasteiger partial charge in [-0.15, -0.1) is 0 Å². The van der Waals surface area contributed by atoms with Crippen LogP contribution in [0.2, 0.25) is 0 Å². The molecule has 1 aromatic rings. The zero-order valence-corrected chi connectivity index (χ0v) is 14.0. The molecule has 0 radical (unpaired) electrons. The molecule has 25 heavy (non-hydrogen) atoms. The van der Waals surface area contributed by atoms with Crippen molar-refractivity contribution in [2.75, 3.05) is 39.4 Å².